The van der Waals surface area contributed by atoms with Gasteiger partial charge in [0.2, 0.25) is 5.91 Å². The SMILES string of the molecule is NC(=O)c1ccc(OCc2ccc(N)cc2F)cc1. The first-order valence-corrected chi connectivity index (χ1v) is 5.63. The zero-order chi connectivity index (χ0) is 13.8. The molecule has 0 saturated heterocycles. The Bertz CT molecular complexity index is 597. The molecule has 0 aliphatic carbocycles. The van der Waals surface area contributed by atoms with E-state index in [9.17, 15) is 9.18 Å². The number of ether oxygens (including phenoxy) is 1. The van der Waals surface area contributed by atoms with Crippen molar-refractivity contribution in [2.45, 2.75) is 6.61 Å². The molecule has 0 aliphatic rings. The number of benzene rings is 2. The third-order valence-electron chi connectivity index (χ3n) is 2.61. The summed E-state index contributed by atoms with van der Waals surface area (Å²) in [6.07, 6.45) is 0. The average Bonchev–Trinajstić information content (AvgIpc) is 2.38. The van der Waals surface area contributed by atoms with E-state index in [4.69, 9.17) is 16.2 Å². The normalized spacial score (nSPS) is 10.2. The number of carbonyl (C=O) groups excluding carboxylic acids is 1. The van der Waals surface area contributed by atoms with Crippen molar-refractivity contribution in [2.75, 3.05) is 5.73 Å². The number of amides is 1. The van der Waals surface area contributed by atoms with E-state index in [0.29, 0.717) is 22.6 Å². The van der Waals surface area contributed by atoms with E-state index in [-0.39, 0.29) is 6.61 Å². The molecule has 98 valence electrons. The van der Waals surface area contributed by atoms with Gasteiger partial charge in [0.15, 0.2) is 0 Å². The van der Waals surface area contributed by atoms with Crippen molar-refractivity contribution < 1.29 is 13.9 Å². The van der Waals surface area contributed by atoms with Crippen LogP contribution in [0.15, 0.2) is 42.5 Å². The summed E-state index contributed by atoms with van der Waals surface area (Å²) >= 11 is 0. The molecule has 0 fully saturated rings. The van der Waals surface area contributed by atoms with E-state index >= 15 is 0 Å². The Morgan fingerprint density at radius 1 is 1.16 bits per heavy atom. The summed E-state index contributed by atoms with van der Waals surface area (Å²) in [6.45, 7) is 0.0853. The van der Waals surface area contributed by atoms with Gasteiger partial charge in [-0.05, 0) is 36.4 Å². The molecule has 4 N–H and O–H groups in total. The molecule has 19 heavy (non-hydrogen) atoms. The molecule has 0 heterocycles. The summed E-state index contributed by atoms with van der Waals surface area (Å²) < 4.78 is 18.9. The predicted octanol–water partition coefficient (Wildman–Crippen LogP) is 2.09. The molecule has 0 atom stereocenters. The van der Waals surface area contributed by atoms with Gasteiger partial charge in [-0.2, -0.15) is 0 Å². The van der Waals surface area contributed by atoms with Gasteiger partial charge in [0.05, 0.1) is 0 Å². The quantitative estimate of drug-likeness (QED) is 0.826. The van der Waals surface area contributed by atoms with Gasteiger partial charge in [0.1, 0.15) is 18.2 Å². The molecule has 0 radical (unpaired) electrons. The number of rotatable bonds is 4. The highest BCUT2D eigenvalue weighted by Gasteiger charge is 2.04. The van der Waals surface area contributed by atoms with Gasteiger partial charge < -0.3 is 16.2 Å². The van der Waals surface area contributed by atoms with E-state index in [0.717, 1.165) is 0 Å². The second-order valence-electron chi connectivity index (χ2n) is 4.03. The number of hydrogen-bond acceptors (Lipinski definition) is 3. The lowest BCUT2D eigenvalue weighted by molar-refractivity contribution is 0.100. The lowest BCUT2D eigenvalue weighted by atomic mass is 10.2. The standard InChI is InChI=1S/C14H13FN2O2/c15-13-7-11(16)4-1-10(13)8-19-12-5-2-9(3-6-12)14(17)18/h1-7H,8,16H2,(H2,17,18). The zero-order valence-corrected chi connectivity index (χ0v) is 10.1. The molecule has 0 saturated carbocycles. The van der Waals surface area contributed by atoms with Crippen LogP contribution in [0.2, 0.25) is 0 Å². The smallest absolute Gasteiger partial charge is 0.248 e. The molecule has 2 aromatic rings. The molecule has 2 rings (SSSR count). The third kappa shape index (κ3) is 3.22. The van der Waals surface area contributed by atoms with Crippen LogP contribution in [-0.2, 0) is 6.61 Å². The van der Waals surface area contributed by atoms with Crippen molar-refractivity contribution in [3.05, 3.63) is 59.4 Å². The highest BCUT2D eigenvalue weighted by Crippen LogP contribution is 2.17. The highest BCUT2D eigenvalue weighted by atomic mass is 19.1. The first-order chi connectivity index (χ1) is 9.06. The molecule has 0 aromatic heterocycles. The molecule has 5 heteroatoms. The number of primary amides is 1. The van der Waals surface area contributed by atoms with Crippen LogP contribution in [0.1, 0.15) is 15.9 Å². The lowest BCUT2D eigenvalue weighted by Gasteiger charge is -2.08. The fourth-order valence-electron chi connectivity index (χ4n) is 1.56. The minimum atomic E-state index is -0.504. The van der Waals surface area contributed by atoms with Crippen LogP contribution >= 0.6 is 0 Å². The maximum absolute atomic E-state index is 13.5. The fraction of sp³-hybridized carbons (Fsp3) is 0.0714. The molecule has 0 aliphatic heterocycles. The molecule has 0 unspecified atom stereocenters. The molecular weight excluding hydrogens is 247 g/mol. The second-order valence-corrected chi connectivity index (χ2v) is 4.03. The second kappa shape index (κ2) is 5.39. The first kappa shape index (κ1) is 12.9. The minimum Gasteiger partial charge on any atom is -0.489 e. The number of carbonyl (C=O) groups is 1. The molecular formula is C14H13FN2O2. The van der Waals surface area contributed by atoms with Crippen molar-refractivity contribution >= 4 is 11.6 Å². The summed E-state index contributed by atoms with van der Waals surface area (Å²) in [6, 6.07) is 10.7. The van der Waals surface area contributed by atoms with Gasteiger partial charge in [-0.25, -0.2) is 4.39 Å². The topological polar surface area (TPSA) is 78.3 Å². The highest BCUT2D eigenvalue weighted by molar-refractivity contribution is 5.92. The van der Waals surface area contributed by atoms with Crippen molar-refractivity contribution in [1.82, 2.24) is 0 Å². The van der Waals surface area contributed by atoms with E-state index in [1.165, 1.54) is 6.07 Å². The number of halogens is 1. The third-order valence-corrected chi connectivity index (χ3v) is 2.61. The molecule has 4 nitrogen and oxygen atoms in total. The van der Waals surface area contributed by atoms with Crippen LogP contribution in [0.4, 0.5) is 10.1 Å². The number of nitrogens with two attached hydrogens (primary N) is 2. The van der Waals surface area contributed by atoms with Gasteiger partial charge >= 0.3 is 0 Å². The van der Waals surface area contributed by atoms with E-state index in [1.54, 1.807) is 36.4 Å². The van der Waals surface area contributed by atoms with Crippen LogP contribution in [0.25, 0.3) is 0 Å². The van der Waals surface area contributed by atoms with E-state index in [2.05, 4.69) is 0 Å². The molecule has 0 spiro atoms. The van der Waals surface area contributed by atoms with Crippen molar-refractivity contribution in [3.63, 3.8) is 0 Å². The molecule has 0 bridgehead atoms. The Hall–Kier alpha value is -2.56. The van der Waals surface area contributed by atoms with E-state index in [1.807, 2.05) is 0 Å². The maximum Gasteiger partial charge on any atom is 0.248 e. The summed E-state index contributed by atoms with van der Waals surface area (Å²) in [4.78, 5) is 10.9. The van der Waals surface area contributed by atoms with Crippen molar-refractivity contribution in [3.8, 4) is 5.75 Å². The number of nitrogen functional groups attached to an aromatic ring is 1. The van der Waals surface area contributed by atoms with Crippen LogP contribution in [0, 0.1) is 5.82 Å². The zero-order valence-electron chi connectivity index (χ0n) is 10.1. The van der Waals surface area contributed by atoms with Crippen LogP contribution < -0.4 is 16.2 Å². The van der Waals surface area contributed by atoms with Gasteiger partial charge in [0.25, 0.3) is 0 Å². The number of hydrogen-bond donors (Lipinski definition) is 2. The van der Waals surface area contributed by atoms with Gasteiger partial charge in [-0.15, -0.1) is 0 Å². The first-order valence-electron chi connectivity index (χ1n) is 5.63. The van der Waals surface area contributed by atoms with Gasteiger partial charge in [-0.3, -0.25) is 4.79 Å². The lowest BCUT2D eigenvalue weighted by Crippen LogP contribution is -2.10. The predicted molar refractivity (Wildman–Crippen MR) is 70.1 cm³/mol. The Kier molecular flexibility index (Phi) is 3.66. The average molecular weight is 260 g/mol. The van der Waals surface area contributed by atoms with Crippen molar-refractivity contribution in [2.24, 2.45) is 5.73 Å². The Balaban J connectivity index is 2.04. The number of anilines is 1. The Morgan fingerprint density at radius 2 is 1.84 bits per heavy atom. The van der Waals surface area contributed by atoms with Gasteiger partial charge in [0, 0.05) is 16.8 Å². The van der Waals surface area contributed by atoms with Crippen LogP contribution in [-0.4, -0.2) is 5.91 Å². The van der Waals surface area contributed by atoms with Crippen molar-refractivity contribution in [1.29, 1.82) is 0 Å². The fourth-order valence-corrected chi connectivity index (χ4v) is 1.56. The largest absolute Gasteiger partial charge is 0.489 e. The Morgan fingerprint density at radius 3 is 2.42 bits per heavy atom. The summed E-state index contributed by atoms with van der Waals surface area (Å²) in [5.74, 6) is -0.383. The minimum absolute atomic E-state index is 0.0853. The van der Waals surface area contributed by atoms with E-state index < -0.39 is 11.7 Å². The summed E-state index contributed by atoms with van der Waals surface area (Å²) in [5.41, 5.74) is 11.7. The summed E-state index contributed by atoms with van der Waals surface area (Å²) in [7, 11) is 0. The van der Waals surface area contributed by atoms with Gasteiger partial charge in [-0.1, -0.05) is 6.07 Å². The monoisotopic (exact) mass is 260 g/mol. The van der Waals surface area contributed by atoms with Crippen LogP contribution in [0.3, 0.4) is 0 Å². The van der Waals surface area contributed by atoms with Crippen LogP contribution in [0.5, 0.6) is 5.75 Å². The maximum atomic E-state index is 13.5. The summed E-state index contributed by atoms with van der Waals surface area (Å²) in [5, 5.41) is 0. The molecule has 2 aromatic carbocycles. The Labute approximate surface area is 109 Å². The molecule has 1 amide bonds.